The molecule has 114 valence electrons. The van der Waals surface area contributed by atoms with E-state index in [2.05, 4.69) is 14.8 Å². The van der Waals surface area contributed by atoms with Crippen molar-refractivity contribution >= 4 is 17.6 Å². The number of alkyl halides is 2. The van der Waals surface area contributed by atoms with Crippen molar-refractivity contribution in [2.24, 2.45) is 11.8 Å². The molecule has 0 saturated carbocycles. The molecule has 0 aromatic heterocycles. The Labute approximate surface area is 118 Å². The molecule has 2 unspecified atom stereocenters. The summed E-state index contributed by atoms with van der Waals surface area (Å²) < 4.78 is 34.2. The van der Waals surface area contributed by atoms with Gasteiger partial charge in [0.05, 0.1) is 5.92 Å². The molecule has 0 radical (unpaired) electrons. The summed E-state index contributed by atoms with van der Waals surface area (Å²) in [4.78, 5) is 22.7. The van der Waals surface area contributed by atoms with E-state index in [-0.39, 0.29) is 17.2 Å². The largest absolute Gasteiger partial charge is 0.586 e. The Bertz CT molecular complexity index is 590. The van der Waals surface area contributed by atoms with E-state index in [4.69, 9.17) is 5.11 Å². The first-order chi connectivity index (χ1) is 9.69. The second kappa shape index (κ2) is 5.19. The monoisotopic (exact) mass is 301 g/mol. The molecular formula is C13H13F2NO5. The number of carboxylic acid groups (broad SMARTS) is 1. The van der Waals surface area contributed by atoms with E-state index >= 15 is 0 Å². The minimum absolute atomic E-state index is 0.134. The summed E-state index contributed by atoms with van der Waals surface area (Å²) in [6, 6.07) is 3.78. The molecule has 0 saturated heterocycles. The van der Waals surface area contributed by atoms with Crippen molar-refractivity contribution in [2.45, 2.75) is 20.1 Å². The number of carbonyl (C=O) groups is 2. The maximum absolute atomic E-state index is 12.9. The van der Waals surface area contributed by atoms with Crippen LogP contribution in [0.5, 0.6) is 11.5 Å². The van der Waals surface area contributed by atoms with Crippen molar-refractivity contribution < 1.29 is 33.0 Å². The van der Waals surface area contributed by atoms with Gasteiger partial charge >= 0.3 is 12.3 Å². The maximum atomic E-state index is 12.9. The summed E-state index contributed by atoms with van der Waals surface area (Å²) in [6.07, 6.45) is -3.73. The van der Waals surface area contributed by atoms with E-state index in [1.54, 1.807) is 0 Å². The van der Waals surface area contributed by atoms with Crippen LogP contribution in [0.2, 0.25) is 0 Å². The van der Waals surface area contributed by atoms with Crippen LogP contribution < -0.4 is 14.8 Å². The number of rotatable bonds is 4. The van der Waals surface area contributed by atoms with Crippen molar-refractivity contribution in [3.05, 3.63) is 18.2 Å². The highest BCUT2D eigenvalue weighted by molar-refractivity contribution is 5.95. The average Bonchev–Trinajstić information content (AvgIpc) is 2.69. The second-order valence-electron chi connectivity index (χ2n) is 4.73. The standard InChI is InChI=1S/C13H13F2NO5/c1-6(7(2)12(18)19)11(17)16-8-3-4-9-10(5-8)21-13(14,15)20-9/h3-7H,1-2H3,(H,16,17)(H,18,19). The lowest BCUT2D eigenvalue weighted by molar-refractivity contribution is -0.286. The summed E-state index contributed by atoms with van der Waals surface area (Å²) in [5.74, 6) is -3.61. The van der Waals surface area contributed by atoms with Crippen LogP contribution in [0.4, 0.5) is 14.5 Å². The van der Waals surface area contributed by atoms with Gasteiger partial charge in [0.15, 0.2) is 11.5 Å². The lowest BCUT2D eigenvalue weighted by Gasteiger charge is -2.15. The van der Waals surface area contributed by atoms with Gasteiger partial charge in [-0.05, 0) is 12.1 Å². The number of carboxylic acids is 1. The van der Waals surface area contributed by atoms with Crippen LogP contribution in [-0.4, -0.2) is 23.3 Å². The molecule has 1 aliphatic heterocycles. The molecule has 0 spiro atoms. The Balaban J connectivity index is 2.08. The van der Waals surface area contributed by atoms with Crippen LogP contribution in [0.25, 0.3) is 0 Å². The van der Waals surface area contributed by atoms with Crippen LogP contribution in [-0.2, 0) is 9.59 Å². The number of aliphatic carboxylic acids is 1. The minimum Gasteiger partial charge on any atom is -0.481 e. The minimum atomic E-state index is -3.73. The molecule has 1 aromatic rings. The number of hydrogen-bond acceptors (Lipinski definition) is 4. The number of hydrogen-bond donors (Lipinski definition) is 2. The van der Waals surface area contributed by atoms with Gasteiger partial charge < -0.3 is 19.9 Å². The van der Waals surface area contributed by atoms with Crippen molar-refractivity contribution in [3.63, 3.8) is 0 Å². The third-order valence-corrected chi connectivity index (χ3v) is 3.22. The molecule has 8 heteroatoms. The topological polar surface area (TPSA) is 84.9 Å². The van der Waals surface area contributed by atoms with Crippen molar-refractivity contribution in [2.75, 3.05) is 5.32 Å². The van der Waals surface area contributed by atoms with Crippen LogP contribution in [0.15, 0.2) is 18.2 Å². The first kappa shape index (κ1) is 15.0. The number of amides is 1. The Morgan fingerprint density at radius 2 is 1.81 bits per heavy atom. The SMILES string of the molecule is CC(C(=O)O)C(C)C(=O)Nc1ccc2c(c1)OC(F)(F)O2. The van der Waals surface area contributed by atoms with Crippen molar-refractivity contribution in [3.8, 4) is 11.5 Å². The number of nitrogens with one attached hydrogen (secondary N) is 1. The first-order valence-corrected chi connectivity index (χ1v) is 6.13. The number of halogens is 2. The molecule has 2 N–H and O–H groups in total. The van der Waals surface area contributed by atoms with Gasteiger partial charge in [-0.2, -0.15) is 0 Å². The molecular weight excluding hydrogens is 288 g/mol. The molecule has 1 amide bonds. The van der Waals surface area contributed by atoms with E-state index in [1.807, 2.05) is 0 Å². The molecule has 2 atom stereocenters. The van der Waals surface area contributed by atoms with Gasteiger partial charge in [-0.25, -0.2) is 0 Å². The zero-order valence-corrected chi connectivity index (χ0v) is 11.2. The fourth-order valence-electron chi connectivity index (χ4n) is 1.72. The molecule has 2 rings (SSSR count). The lowest BCUT2D eigenvalue weighted by Crippen LogP contribution is -2.29. The van der Waals surface area contributed by atoms with Crippen LogP contribution >= 0.6 is 0 Å². The van der Waals surface area contributed by atoms with Gasteiger partial charge in [0.1, 0.15) is 0 Å². The van der Waals surface area contributed by atoms with Gasteiger partial charge in [-0.1, -0.05) is 13.8 Å². The Kier molecular flexibility index (Phi) is 3.71. The molecule has 1 heterocycles. The highest BCUT2D eigenvalue weighted by atomic mass is 19.3. The third kappa shape index (κ3) is 3.21. The van der Waals surface area contributed by atoms with Gasteiger partial charge in [0, 0.05) is 17.7 Å². The summed E-state index contributed by atoms with van der Waals surface area (Å²) in [5.41, 5.74) is 0.212. The molecule has 6 nitrogen and oxygen atoms in total. The smallest absolute Gasteiger partial charge is 0.481 e. The zero-order valence-electron chi connectivity index (χ0n) is 11.2. The van der Waals surface area contributed by atoms with Gasteiger partial charge in [0.2, 0.25) is 5.91 Å². The summed E-state index contributed by atoms with van der Waals surface area (Å²) >= 11 is 0. The first-order valence-electron chi connectivity index (χ1n) is 6.13. The van der Waals surface area contributed by atoms with Gasteiger partial charge in [-0.15, -0.1) is 8.78 Å². The van der Waals surface area contributed by atoms with Crippen LogP contribution in [0.1, 0.15) is 13.8 Å². The fraction of sp³-hybridized carbons (Fsp3) is 0.385. The molecule has 21 heavy (non-hydrogen) atoms. The van der Waals surface area contributed by atoms with Gasteiger partial charge in [0.25, 0.3) is 0 Å². The van der Waals surface area contributed by atoms with Crippen LogP contribution in [0.3, 0.4) is 0 Å². The van der Waals surface area contributed by atoms with E-state index in [1.165, 1.54) is 32.0 Å². The van der Waals surface area contributed by atoms with E-state index in [9.17, 15) is 18.4 Å². The highest BCUT2D eigenvalue weighted by Gasteiger charge is 2.43. The summed E-state index contributed by atoms with van der Waals surface area (Å²) in [7, 11) is 0. The molecule has 0 fully saturated rings. The quantitative estimate of drug-likeness (QED) is 0.891. The number of anilines is 1. The summed E-state index contributed by atoms with van der Waals surface area (Å²) in [6.45, 7) is 2.88. The molecule has 0 aliphatic carbocycles. The maximum Gasteiger partial charge on any atom is 0.586 e. The summed E-state index contributed by atoms with van der Waals surface area (Å²) in [5, 5.41) is 11.3. The fourth-order valence-corrected chi connectivity index (χ4v) is 1.72. The predicted molar refractivity (Wildman–Crippen MR) is 67.2 cm³/mol. The second-order valence-corrected chi connectivity index (χ2v) is 4.73. The molecule has 1 aromatic carbocycles. The van der Waals surface area contributed by atoms with Crippen LogP contribution in [0, 0.1) is 11.8 Å². The number of carbonyl (C=O) groups excluding carboxylic acids is 1. The van der Waals surface area contributed by atoms with E-state index in [0.717, 1.165) is 0 Å². The Morgan fingerprint density at radius 1 is 1.19 bits per heavy atom. The van der Waals surface area contributed by atoms with Gasteiger partial charge in [-0.3, -0.25) is 9.59 Å². The Hall–Kier alpha value is -2.38. The van der Waals surface area contributed by atoms with E-state index < -0.39 is 30.0 Å². The number of fused-ring (bicyclic) bond motifs is 1. The zero-order chi connectivity index (χ0) is 15.8. The molecule has 1 aliphatic rings. The predicted octanol–water partition coefficient (Wildman–Crippen LogP) is 2.30. The van der Waals surface area contributed by atoms with E-state index in [0.29, 0.717) is 0 Å². The van der Waals surface area contributed by atoms with Crippen molar-refractivity contribution in [1.82, 2.24) is 0 Å². The van der Waals surface area contributed by atoms with Crippen molar-refractivity contribution in [1.29, 1.82) is 0 Å². The molecule has 0 bridgehead atoms. The normalized spacial score (nSPS) is 17.9. The highest BCUT2D eigenvalue weighted by Crippen LogP contribution is 2.42. The third-order valence-electron chi connectivity index (χ3n) is 3.22. The number of benzene rings is 1. The average molecular weight is 301 g/mol. The number of ether oxygens (including phenoxy) is 2. The lowest BCUT2D eigenvalue weighted by atomic mass is 9.95. The Morgan fingerprint density at radius 3 is 2.43 bits per heavy atom.